The lowest BCUT2D eigenvalue weighted by Crippen LogP contribution is -2.04. The number of benzene rings is 1. The van der Waals surface area contributed by atoms with Gasteiger partial charge in [-0.2, -0.15) is 0 Å². The van der Waals surface area contributed by atoms with Gasteiger partial charge in [-0.05, 0) is 24.1 Å². The van der Waals surface area contributed by atoms with Gasteiger partial charge in [-0.3, -0.25) is 0 Å². The van der Waals surface area contributed by atoms with Crippen LogP contribution in [0.25, 0.3) is 0 Å². The van der Waals surface area contributed by atoms with Crippen LogP contribution in [0.2, 0.25) is 0 Å². The van der Waals surface area contributed by atoms with Crippen molar-refractivity contribution in [2.24, 2.45) is 0 Å². The molecule has 1 N–H and O–H groups in total. The predicted molar refractivity (Wildman–Crippen MR) is 79.2 cm³/mol. The Balaban J connectivity index is 1.81. The maximum atomic E-state index is 5.14. The minimum Gasteiger partial charge on any atom is -0.497 e. The van der Waals surface area contributed by atoms with Gasteiger partial charge in [0.05, 0.1) is 7.11 Å². The van der Waals surface area contributed by atoms with Crippen LogP contribution in [0.5, 0.6) is 5.75 Å². The number of anilines is 1. The van der Waals surface area contributed by atoms with Crippen molar-refractivity contribution < 1.29 is 4.74 Å². The first-order chi connectivity index (χ1) is 9.19. The Morgan fingerprint density at radius 1 is 1.21 bits per heavy atom. The quantitative estimate of drug-likeness (QED) is 0.880. The third-order valence-corrected chi connectivity index (χ3v) is 3.97. The van der Waals surface area contributed by atoms with Crippen LogP contribution in [0.1, 0.15) is 30.3 Å². The normalized spacial score (nSPS) is 10.7. The predicted octanol–water partition coefficient (Wildman–Crippen LogP) is 3.32. The van der Waals surface area contributed by atoms with E-state index in [9.17, 15) is 0 Å². The van der Waals surface area contributed by atoms with Crippen molar-refractivity contribution in [3.05, 3.63) is 34.8 Å². The highest BCUT2D eigenvalue weighted by molar-refractivity contribution is 7.15. The van der Waals surface area contributed by atoms with Crippen LogP contribution in [0.3, 0.4) is 0 Å². The number of hydrogen-bond acceptors (Lipinski definition) is 5. The second kappa shape index (κ2) is 6.52. The van der Waals surface area contributed by atoms with E-state index in [2.05, 4.69) is 41.5 Å². The molecule has 1 heterocycles. The van der Waals surface area contributed by atoms with Crippen LogP contribution in [0.15, 0.2) is 24.3 Å². The third-order valence-electron chi connectivity index (χ3n) is 2.78. The SMILES string of the molecule is COc1ccc(CCNc2nnc(C(C)C)s2)cc1. The standard InChI is InChI=1S/C14H19N3OS/c1-10(2)13-16-17-14(19-13)15-9-8-11-4-6-12(18-3)7-5-11/h4-7,10H,8-9H2,1-3H3,(H,15,17). The maximum Gasteiger partial charge on any atom is 0.205 e. The van der Waals surface area contributed by atoms with Gasteiger partial charge in [0.25, 0.3) is 0 Å². The van der Waals surface area contributed by atoms with Gasteiger partial charge in [0.2, 0.25) is 5.13 Å². The first-order valence-electron chi connectivity index (χ1n) is 6.39. The highest BCUT2D eigenvalue weighted by Crippen LogP contribution is 2.22. The molecule has 5 heteroatoms. The molecular formula is C14H19N3OS. The minimum absolute atomic E-state index is 0.439. The van der Waals surface area contributed by atoms with Crippen molar-refractivity contribution in [2.75, 3.05) is 19.0 Å². The summed E-state index contributed by atoms with van der Waals surface area (Å²) in [7, 11) is 1.68. The van der Waals surface area contributed by atoms with Gasteiger partial charge in [0.1, 0.15) is 10.8 Å². The molecule has 0 saturated heterocycles. The number of hydrogen-bond donors (Lipinski definition) is 1. The first-order valence-corrected chi connectivity index (χ1v) is 7.21. The molecule has 0 atom stereocenters. The van der Waals surface area contributed by atoms with E-state index < -0.39 is 0 Å². The van der Waals surface area contributed by atoms with E-state index in [4.69, 9.17) is 4.74 Å². The van der Waals surface area contributed by atoms with E-state index in [1.165, 1.54) is 5.56 Å². The highest BCUT2D eigenvalue weighted by Gasteiger charge is 2.06. The molecule has 2 rings (SSSR count). The zero-order valence-corrected chi connectivity index (χ0v) is 12.3. The number of nitrogens with zero attached hydrogens (tertiary/aromatic N) is 2. The van der Waals surface area contributed by atoms with E-state index in [1.807, 2.05) is 12.1 Å². The summed E-state index contributed by atoms with van der Waals surface area (Å²) in [5.74, 6) is 1.33. The van der Waals surface area contributed by atoms with Gasteiger partial charge in [-0.25, -0.2) is 0 Å². The minimum atomic E-state index is 0.439. The molecule has 0 unspecified atom stereocenters. The Bertz CT molecular complexity index is 508. The summed E-state index contributed by atoms with van der Waals surface area (Å²) in [6.07, 6.45) is 0.959. The fourth-order valence-electron chi connectivity index (χ4n) is 1.65. The molecular weight excluding hydrogens is 258 g/mol. The zero-order valence-electron chi connectivity index (χ0n) is 11.5. The van der Waals surface area contributed by atoms with E-state index in [0.717, 1.165) is 28.9 Å². The van der Waals surface area contributed by atoms with Gasteiger partial charge >= 0.3 is 0 Å². The van der Waals surface area contributed by atoms with E-state index in [-0.39, 0.29) is 0 Å². The number of rotatable bonds is 6. The summed E-state index contributed by atoms with van der Waals surface area (Å²) in [5.41, 5.74) is 1.28. The topological polar surface area (TPSA) is 47.0 Å². The van der Waals surface area contributed by atoms with Crippen molar-refractivity contribution in [1.82, 2.24) is 10.2 Å². The molecule has 0 fully saturated rings. The van der Waals surface area contributed by atoms with Crippen LogP contribution < -0.4 is 10.1 Å². The summed E-state index contributed by atoms with van der Waals surface area (Å²) < 4.78 is 5.14. The Morgan fingerprint density at radius 3 is 2.53 bits per heavy atom. The average Bonchev–Trinajstić information content (AvgIpc) is 2.89. The average molecular weight is 277 g/mol. The second-order valence-electron chi connectivity index (χ2n) is 4.63. The van der Waals surface area contributed by atoms with Crippen molar-refractivity contribution in [2.45, 2.75) is 26.2 Å². The molecule has 0 bridgehead atoms. The van der Waals surface area contributed by atoms with Crippen molar-refractivity contribution in [3.8, 4) is 5.75 Å². The molecule has 0 aliphatic rings. The third kappa shape index (κ3) is 3.92. The van der Waals surface area contributed by atoms with Gasteiger partial charge < -0.3 is 10.1 Å². The highest BCUT2D eigenvalue weighted by atomic mass is 32.1. The fourth-order valence-corrected chi connectivity index (χ4v) is 2.42. The van der Waals surface area contributed by atoms with Crippen LogP contribution in [-0.4, -0.2) is 23.9 Å². The molecule has 19 heavy (non-hydrogen) atoms. The molecule has 0 spiro atoms. The van der Waals surface area contributed by atoms with E-state index in [1.54, 1.807) is 18.4 Å². The lowest BCUT2D eigenvalue weighted by atomic mass is 10.1. The molecule has 1 aromatic heterocycles. The summed E-state index contributed by atoms with van der Waals surface area (Å²) >= 11 is 1.63. The lowest BCUT2D eigenvalue weighted by Gasteiger charge is -2.04. The lowest BCUT2D eigenvalue weighted by molar-refractivity contribution is 0.414. The summed E-state index contributed by atoms with van der Waals surface area (Å²) in [5, 5.41) is 13.6. The molecule has 4 nitrogen and oxygen atoms in total. The van der Waals surface area contributed by atoms with Crippen molar-refractivity contribution >= 4 is 16.5 Å². The van der Waals surface area contributed by atoms with Gasteiger partial charge in [-0.15, -0.1) is 10.2 Å². The van der Waals surface area contributed by atoms with Crippen LogP contribution in [0.4, 0.5) is 5.13 Å². The molecule has 102 valence electrons. The van der Waals surface area contributed by atoms with Crippen molar-refractivity contribution in [1.29, 1.82) is 0 Å². The first kappa shape index (κ1) is 13.8. The zero-order chi connectivity index (χ0) is 13.7. The van der Waals surface area contributed by atoms with Crippen molar-refractivity contribution in [3.63, 3.8) is 0 Å². The Labute approximate surface area is 117 Å². The number of ether oxygens (including phenoxy) is 1. The van der Waals surface area contributed by atoms with Crippen LogP contribution in [-0.2, 0) is 6.42 Å². The van der Waals surface area contributed by atoms with Crippen LogP contribution >= 0.6 is 11.3 Å². The van der Waals surface area contributed by atoms with E-state index >= 15 is 0 Å². The number of nitrogens with one attached hydrogen (secondary N) is 1. The summed E-state index contributed by atoms with van der Waals surface area (Å²) in [6, 6.07) is 8.13. The Hall–Kier alpha value is -1.62. The number of aromatic nitrogens is 2. The molecule has 1 aromatic carbocycles. The van der Waals surface area contributed by atoms with Crippen LogP contribution in [0, 0.1) is 0 Å². The van der Waals surface area contributed by atoms with Gasteiger partial charge in [0.15, 0.2) is 0 Å². The Morgan fingerprint density at radius 2 is 1.95 bits per heavy atom. The summed E-state index contributed by atoms with van der Waals surface area (Å²) in [6.45, 7) is 5.11. The molecule has 0 saturated carbocycles. The Kier molecular flexibility index (Phi) is 4.74. The second-order valence-corrected chi connectivity index (χ2v) is 5.63. The molecule has 0 aliphatic heterocycles. The van der Waals surface area contributed by atoms with Gasteiger partial charge in [-0.1, -0.05) is 37.3 Å². The molecule has 2 aromatic rings. The fraction of sp³-hybridized carbons (Fsp3) is 0.429. The summed E-state index contributed by atoms with van der Waals surface area (Å²) in [4.78, 5) is 0. The largest absolute Gasteiger partial charge is 0.497 e. The molecule has 0 radical (unpaired) electrons. The molecule has 0 amide bonds. The monoisotopic (exact) mass is 277 g/mol. The maximum absolute atomic E-state index is 5.14. The number of methoxy groups -OCH3 is 1. The van der Waals surface area contributed by atoms with Gasteiger partial charge in [0, 0.05) is 12.5 Å². The van der Waals surface area contributed by atoms with E-state index in [0.29, 0.717) is 5.92 Å². The smallest absolute Gasteiger partial charge is 0.205 e. The molecule has 0 aliphatic carbocycles.